The van der Waals surface area contributed by atoms with Crippen molar-refractivity contribution in [2.24, 2.45) is 0 Å². The van der Waals surface area contributed by atoms with Crippen molar-refractivity contribution in [3.05, 3.63) is 29.8 Å². The summed E-state index contributed by atoms with van der Waals surface area (Å²) >= 11 is 0. The Balaban J connectivity index is 1.86. The Labute approximate surface area is 109 Å². The van der Waals surface area contributed by atoms with Gasteiger partial charge < -0.3 is 10.1 Å². The third kappa shape index (κ3) is 2.55. The molecule has 0 atom stereocenters. The molecule has 0 radical (unpaired) electrons. The Morgan fingerprint density at radius 1 is 1.47 bits per heavy atom. The first-order chi connectivity index (χ1) is 9.28. The predicted molar refractivity (Wildman–Crippen MR) is 65.5 cm³/mol. The van der Waals surface area contributed by atoms with E-state index in [2.05, 4.69) is 20.8 Å². The molecule has 1 N–H and O–H groups in total. The van der Waals surface area contributed by atoms with Gasteiger partial charge in [0.1, 0.15) is 0 Å². The lowest BCUT2D eigenvalue weighted by molar-refractivity contribution is 0.386. The van der Waals surface area contributed by atoms with Gasteiger partial charge in [0.05, 0.1) is 19.3 Å². The Kier molecular flexibility index (Phi) is 3.12. The van der Waals surface area contributed by atoms with Crippen molar-refractivity contribution in [1.82, 2.24) is 25.5 Å². The van der Waals surface area contributed by atoms with Gasteiger partial charge >= 0.3 is 0 Å². The van der Waals surface area contributed by atoms with Gasteiger partial charge in [-0.1, -0.05) is 0 Å². The first kappa shape index (κ1) is 12.0. The first-order valence-electron chi connectivity index (χ1n) is 6.12. The number of benzene rings is 1. The topological polar surface area (TPSA) is 64.9 Å². The summed E-state index contributed by atoms with van der Waals surface area (Å²) in [6.45, 7) is 0.595. The van der Waals surface area contributed by atoms with Crippen LogP contribution in [0, 0.1) is 5.82 Å². The van der Waals surface area contributed by atoms with Crippen LogP contribution in [0.15, 0.2) is 18.2 Å². The van der Waals surface area contributed by atoms with Crippen LogP contribution in [0.25, 0.3) is 5.69 Å². The van der Waals surface area contributed by atoms with Gasteiger partial charge in [-0.3, -0.25) is 0 Å². The second-order valence-corrected chi connectivity index (χ2v) is 4.48. The van der Waals surface area contributed by atoms with Gasteiger partial charge in [-0.15, -0.1) is 5.10 Å². The van der Waals surface area contributed by atoms with E-state index in [9.17, 15) is 4.39 Å². The molecule has 2 aromatic rings. The molecule has 0 saturated heterocycles. The van der Waals surface area contributed by atoms with Crippen LogP contribution >= 0.6 is 0 Å². The van der Waals surface area contributed by atoms with Gasteiger partial charge in [-0.25, -0.2) is 4.39 Å². The number of hydrogen-bond donors (Lipinski definition) is 1. The van der Waals surface area contributed by atoms with Crippen LogP contribution in [0.3, 0.4) is 0 Å². The van der Waals surface area contributed by atoms with E-state index in [1.807, 2.05) is 0 Å². The Morgan fingerprint density at radius 2 is 2.32 bits per heavy atom. The van der Waals surface area contributed by atoms with Crippen molar-refractivity contribution in [1.29, 1.82) is 0 Å². The average Bonchev–Trinajstić information content (AvgIpc) is 3.14. The number of aromatic nitrogens is 4. The molecule has 100 valence electrons. The summed E-state index contributed by atoms with van der Waals surface area (Å²) in [5, 5.41) is 14.9. The molecule has 1 saturated carbocycles. The predicted octanol–water partition coefficient (Wildman–Crippen LogP) is 1.06. The molecule has 1 fully saturated rings. The van der Waals surface area contributed by atoms with Crippen LogP contribution in [0.2, 0.25) is 0 Å². The van der Waals surface area contributed by atoms with Crippen LogP contribution in [0.4, 0.5) is 4.39 Å². The lowest BCUT2D eigenvalue weighted by Gasteiger charge is -2.07. The smallest absolute Gasteiger partial charge is 0.170 e. The van der Waals surface area contributed by atoms with Crippen molar-refractivity contribution in [2.45, 2.75) is 25.4 Å². The highest BCUT2D eigenvalue weighted by Crippen LogP contribution is 2.22. The van der Waals surface area contributed by atoms with Crippen molar-refractivity contribution >= 4 is 0 Å². The van der Waals surface area contributed by atoms with Crippen LogP contribution < -0.4 is 10.1 Å². The van der Waals surface area contributed by atoms with E-state index in [1.54, 1.807) is 16.8 Å². The summed E-state index contributed by atoms with van der Waals surface area (Å²) in [4.78, 5) is 0. The Bertz CT molecular complexity index is 581. The Hall–Kier alpha value is -2.02. The second kappa shape index (κ2) is 4.93. The van der Waals surface area contributed by atoms with Crippen LogP contribution in [-0.4, -0.2) is 33.4 Å². The highest BCUT2D eigenvalue weighted by atomic mass is 19.1. The van der Waals surface area contributed by atoms with E-state index in [0.717, 1.165) is 0 Å². The SMILES string of the molecule is COc1cc(-n2nnnc2CNC2CC2)ccc1F. The number of nitrogens with zero attached hydrogens (tertiary/aromatic N) is 4. The zero-order valence-corrected chi connectivity index (χ0v) is 10.5. The molecule has 0 aliphatic heterocycles. The van der Waals surface area contributed by atoms with Gasteiger partial charge in [0, 0.05) is 12.1 Å². The Morgan fingerprint density at radius 3 is 3.05 bits per heavy atom. The zero-order valence-electron chi connectivity index (χ0n) is 10.5. The van der Waals surface area contributed by atoms with E-state index in [1.165, 1.54) is 26.0 Å². The van der Waals surface area contributed by atoms with Crippen molar-refractivity contribution in [3.63, 3.8) is 0 Å². The van der Waals surface area contributed by atoms with Gasteiger partial charge in [-0.2, -0.15) is 4.68 Å². The molecule has 1 aromatic heterocycles. The van der Waals surface area contributed by atoms with Crippen LogP contribution in [0.1, 0.15) is 18.7 Å². The summed E-state index contributed by atoms with van der Waals surface area (Å²) in [7, 11) is 1.43. The van der Waals surface area contributed by atoms with Crippen LogP contribution in [0.5, 0.6) is 5.75 Å². The maximum atomic E-state index is 13.4. The summed E-state index contributed by atoms with van der Waals surface area (Å²) < 4.78 is 19.9. The van der Waals surface area contributed by atoms with Crippen molar-refractivity contribution in [2.75, 3.05) is 7.11 Å². The molecular weight excluding hydrogens is 249 g/mol. The van der Waals surface area contributed by atoms with Crippen LogP contribution in [-0.2, 0) is 6.54 Å². The molecule has 19 heavy (non-hydrogen) atoms. The van der Waals surface area contributed by atoms with Gasteiger partial charge in [0.2, 0.25) is 0 Å². The van der Waals surface area contributed by atoms with E-state index < -0.39 is 5.82 Å². The highest BCUT2D eigenvalue weighted by molar-refractivity contribution is 5.39. The maximum absolute atomic E-state index is 13.4. The number of rotatable bonds is 5. The molecule has 6 nitrogen and oxygen atoms in total. The molecule has 0 unspecified atom stereocenters. The molecule has 7 heteroatoms. The van der Waals surface area contributed by atoms with E-state index in [4.69, 9.17) is 4.74 Å². The molecular formula is C12H14FN5O. The molecule has 1 heterocycles. The number of methoxy groups -OCH3 is 1. The number of nitrogens with one attached hydrogen (secondary N) is 1. The van der Waals surface area contributed by atoms with Crippen molar-refractivity contribution in [3.8, 4) is 11.4 Å². The third-order valence-corrected chi connectivity index (χ3v) is 3.04. The maximum Gasteiger partial charge on any atom is 0.170 e. The number of ether oxygens (including phenoxy) is 1. The minimum atomic E-state index is -0.406. The fraction of sp³-hybridized carbons (Fsp3) is 0.417. The summed E-state index contributed by atoms with van der Waals surface area (Å²) in [5.41, 5.74) is 0.677. The molecule has 0 bridgehead atoms. The normalized spacial score (nSPS) is 14.6. The number of halogens is 1. The second-order valence-electron chi connectivity index (χ2n) is 4.48. The standard InChI is InChI=1S/C12H14FN5O/c1-19-11-6-9(4-5-10(11)13)18-12(15-16-17-18)7-14-8-2-3-8/h4-6,8,14H,2-3,7H2,1H3. The fourth-order valence-corrected chi connectivity index (χ4v) is 1.82. The van der Waals surface area contributed by atoms with Gasteiger partial charge in [-0.05, 0) is 35.4 Å². The quantitative estimate of drug-likeness (QED) is 0.874. The summed E-state index contributed by atoms with van der Waals surface area (Å²) in [5.74, 6) is 0.464. The lowest BCUT2D eigenvalue weighted by atomic mass is 10.3. The summed E-state index contributed by atoms with van der Waals surface area (Å²) in [6.07, 6.45) is 2.40. The fourth-order valence-electron chi connectivity index (χ4n) is 1.82. The summed E-state index contributed by atoms with van der Waals surface area (Å²) in [6, 6.07) is 5.11. The largest absolute Gasteiger partial charge is 0.494 e. The average molecular weight is 263 g/mol. The van der Waals surface area contributed by atoms with Crippen molar-refractivity contribution < 1.29 is 9.13 Å². The molecule has 1 aromatic carbocycles. The molecule has 3 rings (SSSR count). The number of tetrazole rings is 1. The van der Waals surface area contributed by atoms with Gasteiger partial charge in [0.25, 0.3) is 0 Å². The first-order valence-corrected chi connectivity index (χ1v) is 6.12. The molecule has 1 aliphatic rings. The highest BCUT2D eigenvalue weighted by Gasteiger charge is 2.21. The third-order valence-electron chi connectivity index (χ3n) is 3.04. The van der Waals surface area contributed by atoms with E-state index in [-0.39, 0.29) is 5.75 Å². The van der Waals surface area contributed by atoms with Gasteiger partial charge in [0.15, 0.2) is 17.4 Å². The lowest BCUT2D eigenvalue weighted by Crippen LogP contribution is -2.18. The molecule has 1 aliphatic carbocycles. The minimum Gasteiger partial charge on any atom is -0.494 e. The zero-order chi connectivity index (χ0) is 13.2. The monoisotopic (exact) mass is 263 g/mol. The van der Waals surface area contributed by atoms with E-state index >= 15 is 0 Å². The van der Waals surface area contributed by atoms with E-state index in [0.29, 0.717) is 24.1 Å². The number of hydrogen-bond acceptors (Lipinski definition) is 5. The molecule has 0 amide bonds. The minimum absolute atomic E-state index is 0.175. The molecule has 0 spiro atoms.